The van der Waals surface area contributed by atoms with E-state index in [2.05, 4.69) is 92.7 Å². The minimum Gasteiger partial charge on any atom is -0.247 e. The zero-order valence-electron chi connectivity index (χ0n) is 14.7. The fraction of sp³-hybridized carbons (Fsp3) is 0.125. The molecule has 0 aliphatic carbocycles. The van der Waals surface area contributed by atoms with Crippen LogP contribution in [0.2, 0.25) is 0 Å². The Labute approximate surface area is 149 Å². The Morgan fingerprint density at radius 2 is 1.40 bits per heavy atom. The van der Waals surface area contributed by atoms with Crippen molar-refractivity contribution in [3.63, 3.8) is 0 Å². The molecule has 0 saturated heterocycles. The minimum atomic E-state index is 0.950. The topological polar surface area (TPSA) is 12.9 Å². The van der Waals surface area contributed by atoms with E-state index in [1.54, 1.807) is 0 Å². The maximum Gasteiger partial charge on any atom is 0.0747 e. The second-order valence-electron chi connectivity index (χ2n) is 6.42. The Morgan fingerprint density at radius 3 is 2.04 bits per heavy atom. The lowest BCUT2D eigenvalue weighted by atomic mass is 9.90. The molecule has 0 radical (unpaired) electrons. The standard InChI is InChI=1S/C24H21N/c1-3-20-23(18-10-6-4-7-11-18)21-15-14-17(2)16-22(21)25-24(20)19-12-8-5-9-13-19/h4-16H,3H2,1-2H3. The van der Waals surface area contributed by atoms with Gasteiger partial charge in [0.2, 0.25) is 0 Å². The summed E-state index contributed by atoms with van der Waals surface area (Å²) in [6.07, 6.45) is 0.950. The number of hydrogen-bond donors (Lipinski definition) is 0. The van der Waals surface area contributed by atoms with Crippen molar-refractivity contribution in [2.24, 2.45) is 0 Å². The number of benzene rings is 3. The van der Waals surface area contributed by atoms with Gasteiger partial charge in [-0.2, -0.15) is 0 Å². The van der Waals surface area contributed by atoms with Gasteiger partial charge in [-0.25, -0.2) is 4.98 Å². The van der Waals surface area contributed by atoms with Crippen LogP contribution < -0.4 is 0 Å². The van der Waals surface area contributed by atoms with Gasteiger partial charge >= 0.3 is 0 Å². The number of aryl methyl sites for hydroxylation is 1. The molecule has 4 rings (SSSR count). The number of rotatable bonds is 3. The van der Waals surface area contributed by atoms with Gasteiger partial charge in [0.15, 0.2) is 0 Å². The molecule has 0 aliphatic rings. The Bertz CT molecular complexity index is 1020. The fourth-order valence-electron chi connectivity index (χ4n) is 3.53. The van der Waals surface area contributed by atoms with Crippen LogP contribution in [0.1, 0.15) is 18.1 Å². The molecule has 0 atom stereocenters. The first-order valence-corrected chi connectivity index (χ1v) is 8.82. The molecule has 0 saturated carbocycles. The second-order valence-corrected chi connectivity index (χ2v) is 6.42. The Hall–Kier alpha value is -2.93. The molecule has 0 unspecified atom stereocenters. The van der Waals surface area contributed by atoms with Crippen LogP contribution in [0.15, 0.2) is 78.9 Å². The molecular weight excluding hydrogens is 302 g/mol. The molecule has 0 spiro atoms. The number of hydrogen-bond acceptors (Lipinski definition) is 1. The molecule has 0 N–H and O–H groups in total. The van der Waals surface area contributed by atoms with Crippen LogP contribution in [0.4, 0.5) is 0 Å². The van der Waals surface area contributed by atoms with Gasteiger partial charge < -0.3 is 0 Å². The van der Waals surface area contributed by atoms with Crippen LogP contribution in [0.3, 0.4) is 0 Å². The summed E-state index contributed by atoms with van der Waals surface area (Å²) in [6.45, 7) is 4.34. The van der Waals surface area contributed by atoms with Gasteiger partial charge in [0.25, 0.3) is 0 Å². The number of fused-ring (bicyclic) bond motifs is 1. The van der Waals surface area contributed by atoms with Gasteiger partial charge in [-0.3, -0.25) is 0 Å². The lowest BCUT2D eigenvalue weighted by Gasteiger charge is -2.17. The first kappa shape index (κ1) is 15.6. The molecular formula is C24H21N. The predicted molar refractivity (Wildman–Crippen MR) is 107 cm³/mol. The maximum atomic E-state index is 5.06. The first-order valence-electron chi connectivity index (χ1n) is 8.82. The van der Waals surface area contributed by atoms with Gasteiger partial charge in [-0.05, 0) is 41.7 Å². The van der Waals surface area contributed by atoms with Gasteiger partial charge in [-0.1, -0.05) is 79.7 Å². The summed E-state index contributed by atoms with van der Waals surface area (Å²) in [5.74, 6) is 0. The molecule has 0 amide bonds. The van der Waals surface area contributed by atoms with E-state index in [4.69, 9.17) is 4.98 Å². The highest BCUT2D eigenvalue weighted by Gasteiger charge is 2.16. The normalized spacial score (nSPS) is 11.0. The number of nitrogens with zero attached hydrogens (tertiary/aromatic N) is 1. The highest BCUT2D eigenvalue weighted by atomic mass is 14.7. The molecule has 122 valence electrons. The maximum absolute atomic E-state index is 5.06. The van der Waals surface area contributed by atoms with Gasteiger partial charge in [0.05, 0.1) is 11.2 Å². The highest BCUT2D eigenvalue weighted by Crippen LogP contribution is 2.37. The molecule has 25 heavy (non-hydrogen) atoms. The molecule has 1 heterocycles. The van der Waals surface area contributed by atoms with Crippen LogP contribution in [0.5, 0.6) is 0 Å². The van der Waals surface area contributed by atoms with Crippen molar-refractivity contribution in [1.29, 1.82) is 0 Å². The smallest absolute Gasteiger partial charge is 0.0747 e. The van der Waals surface area contributed by atoms with Gasteiger partial charge in [0, 0.05) is 10.9 Å². The monoisotopic (exact) mass is 323 g/mol. The van der Waals surface area contributed by atoms with Gasteiger partial charge in [-0.15, -0.1) is 0 Å². The highest BCUT2D eigenvalue weighted by molar-refractivity contribution is 5.99. The first-order chi connectivity index (χ1) is 12.3. The third kappa shape index (κ3) is 2.83. The predicted octanol–water partition coefficient (Wildman–Crippen LogP) is 6.44. The Morgan fingerprint density at radius 1 is 0.760 bits per heavy atom. The molecule has 1 nitrogen and oxygen atoms in total. The van der Waals surface area contributed by atoms with Crippen LogP contribution in [-0.2, 0) is 6.42 Å². The molecule has 3 aromatic carbocycles. The number of aromatic nitrogens is 1. The van der Waals surface area contributed by atoms with Crippen molar-refractivity contribution < 1.29 is 0 Å². The van der Waals surface area contributed by atoms with Crippen LogP contribution in [-0.4, -0.2) is 4.98 Å². The zero-order valence-corrected chi connectivity index (χ0v) is 14.7. The summed E-state index contributed by atoms with van der Waals surface area (Å²) in [5, 5.41) is 1.23. The molecule has 1 aromatic heterocycles. The summed E-state index contributed by atoms with van der Waals surface area (Å²) in [6, 6.07) is 27.8. The average Bonchev–Trinajstić information content (AvgIpc) is 2.67. The van der Waals surface area contributed by atoms with Crippen LogP contribution in [0.25, 0.3) is 33.3 Å². The SMILES string of the molecule is CCc1c(-c2ccccc2)nc2cc(C)ccc2c1-c1ccccc1. The third-order valence-corrected chi connectivity index (χ3v) is 4.71. The van der Waals surface area contributed by atoms with Crippen LogP contribution >= 0.6 is 0 Å². The van der Waals surface area contributed by atoms with E-state index in [9.17, 15) is 0 Å². The minimum absolute atomic E-state index is 0.950. The molecule has 4 aromatic rings. The van der Waals surface area contributed by atoms with E-state index >= 15 is 0 Å². The van der Waals surface area contributed by atoms with Crippen molar-refractivity contribution in [1.82, 2.24) is 4.98 Å². The summed E-state index contributed by atoms with van der Waals surface area (Å²) >= 11 is 0. The lowest BCUT2D eigenvalue weighted by Crippen LogP contribution is -1.98. The summed E-state index contributed by atoms with van der Waals surface area (Å²) < 4.78 is 0. The molecule has 0 aliphatic heterocycles. The molecule has 1 heteroatoms. The Balaban J connectivity index is 2.13. The van der Waals surface area contributed by atoms with E-state index in [1.807, 2.05) is 0 Å². The van der Waals surface area contributed by atoms with Crippen molar-refractivity contribution >= 4 is 10.9 Å². The third-order valence-electron chi connectivity index (χ3n) is 4.71. The summed E-state index contributed by atoms with van der Waals surface area (Å²) in [7, 11) is 0. The van der Waals surface area contributed by atoms with Crippen molar-refractivity contribution in [3.05, 3.63) is 90.0 Å². The fourth-order valence-corrected chi connectivity index (χ4v) is 3.53. The number of pyridine rings is 1. The molecule has 0 fully saturated rings. The van der Waals surface area contributed by atoms with E-state index in [0.29, 0.717) is 0 Å². The largest absolute Gasteiger partial charge is 0.247 e. The molecule has 0 bridgehead atoms. The summed E-state index contributed by atoms with van der Waals surface area (Å²) in [4.78, 5) is 5.06. The van der Waals surface area contributed by atoms with Crippen LogP contribution in [0, 0.1) is 6.92 Å². The zero-order chi connectivity index (χ0) is 17.2. The van der Waals surface area contributed by atoms with E-state index in [1.165, 1.54) is 33.2 Å². The van der Waals surface area contributed by atoms with E-state index in [-0.39, 0.29) is 0 Å². The lowest BCUT2D eigenvalue weighted by molar-refractivity contribution is 1.13. The summed E-state index contributed by atoms with van der Waals surface area (Å²) in [5.41, 5.74) is 8.46. The van der Waals surface area contributed by atoms with Crippen molar-refractivity contribution in [3.8, 4) is 22.4 Å². The van der Waals surface area contributed by atoms with Crippen molar-refractivity contribution in [2.75, 3.05) is 0 Å². The quantitative estimate of drug-likeness (QED) is 0.423. The van der Waals surface area contributed by atoms with Crippen molar-refractivity contribution in [2.45, 2.75) is 20.3 Å². The average molecular weight is 323 g/mol. The van der Waals surface area contributed by atoms with E-state index < -0.39 is 0 Å². The second kappa shape index (κ2) is 6.52. The van der Waals surface area contributed by atoms with E-state index in [0.717, 1.165) is 17.6 Å². The Kier molecular flexibility index (Phi) is 4.07. The van der Waals surface area contributed by atoms with Gasteiger partial charge in [0.1, 0.15) is 0 Å².